The van der Waals surface area contributed by atoms with Crippen LogP contribution in [0.15, 0.2) is 18.2 Å². The van der Waals surface area contributed by atoms with Crippen LogP contribution in [0.3, 0.4) is 0 Å². The van der Waals surface area contributed by atoms with E-state index in [0.29, 0.717) is 12.1 Å². The monoisotopic (exact) mass is 274 g/mol. The van der Waals surface area contributed by atoms with Gasteiger partial charge in [-0.05, 0) is 49.9 Å². The molecule has 1 aromatic carbocycles. The van der Waals surface area contributed by atoms with E-state index in [1.54, 1.807) is 0 Å². The van der Waals surface area contributed by atoms with Crippen LogP contribution in [0.1, 0.15) is 49.8 Å². The van der Waals surface area contributed by atoms with Gasteiger partial charge in [0.25, 0.3) is 0 Å². The predicted octanol–water partition coefficient (Wildman–Crippen LogP) is 3.66. The number of piperidine rings is 1. The fourth-order valence-corrected chi connectivity index (χ4v) is 3.17. The summed E-state index contributed by atoms with van der Waals surface area (Å²) in [6.07, 6.45) is 4.07. The molecule has 1 aromatic rings. The smallest absolute Gasteiger partial charge is 0.0242 e. The van der Waals surface area contributed by atoms with E-state index in [9.17, 15) is 0 Å². The number of likely N-dealkylation sites (tertiary alicyclic amines) is 1. The second kappa shape index (κ2) is 7.24. The quantitative estimate of drug-likeness (QED) is 0.881. The molecule has 20 heavy (non-hydrogen) atoms. The van der Waals surface area contributed by atoms with E-state index < -0.39 is 0 Å². The summed E-state index contributed by atoms with van der Waals surface area (Å²) in [6, 6.07) is 7.94. The summed E-state index contributed by atoms with van der Waals surface area (Å²) >= 11 is 0. The Labute approximate surface area is 124 Å². The molecule has 1 saturated heterocycles. The molecule has 0 spiro atoms. The first-order chi connectivity index (χ1) is 9.58. The third-order valence-corrected chi connectivity index (χ3v) is 4.52. The zero-order chi connectivity index (χ0) is 14.5. The number of rotatable bonds is 5. The molecule has 1 heterocycles. The molecule has 0 radical (unpaired) electrons. The van der Waals surface area contributed by atoms with Crippen LogP contribution in [0, 0.1) is 13.8 Å². The highest BCUT2D eigenvalue weighted by Crippen LogP contribution is 2.22. The lowest BCUT2D eigenvalue weighted by Gasteiger charge is -2.37. The van der Waals surface area contributed by atoms with Gasteiger partial charge in [-0.1, -0.05) is 38.5 Å². The maximum absolute atomic E-state index is 3.62. The fraction of sp³-hybridized carbons (Fsp3) is 0.667. The number of aryl methyl sites for hydroxylation is 2. The van der Waals surface area contributed by atoms with Gasteiger partial charge in [0.15, 0.2) is 0 Å². The average Bonchev–Trinajstić information content (AvgIpc) is 2.42. The molecule has 0 bridgehead atoms. The number of nitrogens with one attached hydrogen (secondary N) is 1. The molecule has 1 unspecified atom stereocenters. The Morgan fingerprint density at radius 2 is 1.90 bits per heavy atom. The van der Waals surface area contributed by atoms with Crippen molar-refractivity contribution in [2.75, 3.05) is 13.1 Å². The van der Waals surface area contributed by atoms with Gasteiger partial charge in [0.05, 0.1) is 0 Å². The SMILES string of the molecule is Cc1cccc(C)c1CN1CCCCC1CNC(C)C. The van der Waals surface area contributed by atoms with Crippen molar-refractivity contribution in [1.82, 2.24) is 10.2 Å². The van der Waals surface area contributed by atoms with Gasteiger partial charge in [-0.25, -0.2) is 0 Å². The van der Waals surface area contributed by atoms with Crippen LogP contribution in [-0.4, -0.2) is 30.1 Å². The zero-order valence-corrected chi connectivity index (χ0v) is 13.6. The predicted molar refractivity (Wildman–Crippen MR) is 87.1 cm³/mol. The van der Waals surface area contributed by atoms with Crippen molar-refractivity contribution in [3.05, 3.63) is 34.9 Å². The van der Waals surface area contributed by atoms with E-state index in [4.69, 9.17) is 0 Å². The molecule has 2 heteroatoms. The van der Waals surface area contributed by atoms with Gasteiger partial charge in [0.2, 0.25) is 0 Å². The fourth-order valence-electron chi connectivity index (χ4n) is 3.17. The van der Waals surface area contributed by atoms with Crippen molar-refractivity contribution in [2.45, 2.75) is 65.6 Å². The van der Waals surface area contributed by atoms with E-state index >= 15 is 0 Å². The Balaban J connectivity index is 2.04. The van der Waals surface area contributed by atoms with Gasteiger partial charge < -0.3 is 5.32 Å². The van der Waals surface area contributed by atoms with E-state index in [1.807, 2.05) is 0 Å². The summed E-state index contributed by atoms with van der Waals surface area (Å²) in [5.41, 5.74) is 4.40. The Morgan fingerprint density at radius 1 is 1.20 bits per heavy atom. The molecule has 0 aromatic heterocycles. The highest BCUT2D eigenvalue weighted by Gasteiger charge is 2.23. The Bertz CT molecular complexity index is 405. The van der Waals surface area contributed by atoms with Crippen molar-refractivity contribution in [3.63, 3.8) is 0 Å². The zero-order valence-electron chi connectivity index (χ0n) is 13.6. The standard InChI is InChI=1S/C18H30N2/c1-14(2)19-12-17-10-5-6-11-20(17)13-18-15(3)8-7-9-16(18)4/h7-9,14,17,19H,5-6,10-13H2,1-4H3. The first kappa shape index (κ1) is 15.5. The van der Waals surface area contributed by atoms with Crippen LogP contribution in [0.4, 0.5) is 0 Å². The lowest BCUT2D eigenvalue weighted by atomic mass is 9.97. The Kier molecular flexibility index (Phi) is 5.62. The third-order valence-electron chi connectivity index (χ3n) is 4.52. The summed E-state index contributed by atoms with van der Waals surface area (Å²) in [6.45, 7) is 12.4. The van der Waals surface area contributed by atoms with Gasteiger partial charge in [-0.15, -0.1) is 0 Å². The van der Waals surface area contributed by atoms with E-state index in [0.717, 1.165) is 13.1 Å². The number of hydrogen-bond acceptors (Lipinski definition) is 2. The summed E-state index contributed by atoms with van der Waals surface area (Å²) in [7, 11) is 0. The van der Waals surface area contributed by atoms with Crippen molar-refractivity contribution in [2.24, 2.45) is 0 Å². The maximum atomic E-state index is 3.62. The van der Waals surface area contributed by atoms with E-state index in [-0.39, 0.29) is 0 Å². The molecular formula is C18H30N2. The minimum Gasteiger partial charge on any atom is -0.313 e. The summed E-state index contributed by atoms with van der Waals surface area (Å²) in [5, 5.41) is 3.62. The van der Waals surface area contributed by atoms with Crippen molar-refractivity contribution in [3.8, 4) is 0 Å². The van der Waals surface area contributed by atoms with Crippen LogP contribution in [0.5, 0.6) is 0 Å². The molecular weight excluding hydrogens is 244 g/mol. The summed E-state index contributed by atoms with van der Waals surface area (Å²) in [4.78, 5) is 2.69. The third kappa shape index (κ3) is 4.07. The molecule has 2 nitrogen and oxygen atoms in total. The molecule has 1 atom stereocenters. The van der Waals surface area contributed by atoms with E-state index in [1.165, 1.54) is 42.5 Å². The van der Waals surface area contributed by atoms with Crippen molar-refractivity contribution < 1.29 is 0 Å². The Morgan fingerprint density at radius 3 is 2.55 bits per heavy atom. The highest BCUT2D eigenvalue weighted by molar-refractivity contribution is 5.33. The molecule has 1 aliphatic rings. The molecule has 112 valence electrons. The molecule has 2 rings (SSSR count). The first-order valence-electron chi connectivity index (χ1n) is 8.10. The van der Waals surface area contributed by atoms with Gasteiger partial charge in [-0.2, -0.15) is 0 Å². The first-order valence-corrected chi connectivity index (χ1v) is 8.10. The normalized spacial score (nSPS) is 20.6. The number of nitrogens with zero attached hydrogens (tertiary/aromatic N) is 1. The van der Waals surface area contributed by atoms with Gasteiger partial charge in [0.1, 0.15) is 0 Å². The minimum atomic E-state index is 0.582. The van der Waals surface area contributed by atoms with E-state index in [2.05, 4.69) is 56.1 Å². The molecule has 0 saturated carbocycles. The highest BCUT2D eigenvalue weighted by atomic mass is 15.2. The van der Waals surface area contributed by atoms with Crippen LogP contribution < -0.4 is 5.32 Å². The van der Waals surface area contributed by atoms with Gasteiger partial charge in [0, 0.05) is 25.2 Å². The number of hydrogen-bond donors (Lipinski definition) is 1. The van der Waals surface area contributed by atoms with Crippen molar-refractivity contribution in [1.29, 1.82) is 0 Å². The van der Waals surface area contributed by atoms with Gasteiger partial charge >= 0.3 is 0 Å². The van der Waals surface area contributed by atoms with Crippen molar-refractivity contribution >= 4 is 0 Å². The summed E-state index contributed by atoms with van der Waals surface area (Å²) < 4.78 is 0. The molecule has 1 N–H and O–H groups in total. The summed E-state index contributed by atoms with van der Waals surface area (Å²) in [5.74, 6) is 0. The molecule has 0 aliphatic carbocycles. The van der Waals surface area contributed by atoms with Crippen LogP contribution in [0.2, 0.25) is 0 Å². The largest absolute Gasteiger partial charge is 0.313 e. The second-order valence-electron chi connectivity index (χ2n) is 6.55. The topological polar surface area (TPSA) is 15.3 Å². The average molecular weight is 274 g/mol. The lowest BCUT2D eigenvalue weighted by Crippen LogP contribution is -2.46. The number of benzene rings is 1. The van der Waals surface area contributed by atoms with Crippen LogP contribution in [-0.2, 0) is 6.54 Å². The molecule has 0 amide bonds. The van der Waals surface area contributed by atoms with Gasteiger partial charge in [-0.3, -0.25) is 4.90 Å². The Hall–Kier alpha value is -0.860. The lowest BCUT2D eigenvalue weighted by molar-refractivity contribution is 0.135. The van der Waals surface area contributed by atoms with Crippen LogP contribution in [0.25, 0.3) is 0 Å². The van der Waals surface area contributed by atoms with Crippen LogP contribution >= 0.6 is 0 Å². The molecule has 1 fully saturated rings. The molecule has 1 aliphatic heterocycles. The maximum Gasteiger partial charge on any atom is 0.0242 e. The minimum absolute atomic E-state index is 0.582. The second-order valence-corrected chi connectivity index (χ2v) is 6.55.